The van der Waals surface area contributed by atoms with Gasteiger partial charge in [0.1, 0.15) is 0 Å². The van der Waals surface area contributed by atoms with Crippen LogP contribution in [-0.2, 0) is 26.2 Å². The third-order valence-electron chi connectivity index (χ3n) is 5.89. The van der Waals surface area contributed by atoms with Crippen molar-refractivity contribution in [3.05, 3.63) is 120 Å². The lowest BCUT2D eigenvalue weighted by Gasteiger charge is -2.08. The quantitative estimate of drug-likeness (QED) is 0.152. The highest BCUT2D eigenvalue weighted by molar-refractivity contribution is 6.58. The Balaban J connectivity index is 1.42. The fourth-order valence-corrected chi connectivity index (χ4v) is 4.07. The van der Waals surface area contributed by atoms with Crippen molar-refractivity contribution in [2.45, 2.75) is 26.2 Å². The first-order valence-corrected chi connectivity index (χ1v) is 11.5. The maximum absolute atomic E-state index is 9.46. The van der Waals surface area contributed by atoms with Crippen LogP contribution >= 0.6 is 0 Å². The summed E-state index contributed by atoms with van der Waals surface area (Å²) in [6.07, 6.45) is 4.04. The molecule has 0 radical (unpaired) electrons. The van der Waals surface area contributed by atoms with E-state index in [0.29, 0.717) is 37.1 Å². The Labute approximate surface area is 205 Å². The molecule has 0 aliphatic rings. The molecule has 35 heavy (non-hydrogen) atoms. The fraction of sp³-hybridized carbons (Fsp3) is 0.154. The minimum atomic E-state index is -1.48. The van der Waals surface area contributed by atoms with Gasteiger partial charge in [0.2, 0.25) is 0 Å². The molecular weight excluding hydrogens is 440 g/mol. The van der Waals surface area contributed by atoms with Crippen molar-refractivity contribution in [3.8, 4) is 0 Å². The Morgan fingerprint density at radius 1 is 0.571 bits per heavy atom. The van der Waals surface area contributed by atoms with Crippen molar-refractivity contribution in [3.63, 3.8) is 0 Å². The van der Waals surface area contributed by atoms with Gasteiger partial charge in [0.15, 0.2) is 36.9 Å². The van der Waals surface area contributed by atoms with E-state index in [1.54, 1.807) is 24.3 Å². The third kappa shape index (κ3) is 6.85. The molecule has 5 N–H and O–H groups in total. The minimum Gasteiger partial charge on any atom is -0.423 e. The van der Waals surface area contributed by atoms with E-state index in [0.717, 1.165) is 22.5 Å². The lowest BCUT2D eigenvalue weighted by Crippen LogP contribution is -2.43. The molecule has 0 saturated carbocycles. The second-order valence-electron chi connectivity index (χ2n) is 8.48. The summed E-state index contributed by atoms with van der Waals surface area (Å²) in [5, 5.41) is 41.4. The van der Waals surface area contributed by atoms with E-state index in [-0.39, 0.29) is 0 Å². The van der Waals surface area contributed by atoms with Gasteiger partial charge in [-0.3, -0.25) is 5.32 Å². The average Bonchev–Trinajstić information content (AvgIpc) is 2.86. The molecule has 7 nitrogen and oxygen atoms in total. The van der Waals surface area contributed by atoms with Crippen LogP contribution in [0.2, 0.25) is 0 Å². The summed E-state index contributed by atoms with van der Waals surface area (Å²) in [6.45, 7) is 2.56. The van der Waals surface area contributed by atoms with E-state index in [1.165, 1.54) is 0 Å². The molecule has 0 amide bonds. The average molecular weight is 469 g/mol. The van der Waals surface area contributed by atoms with Gasteiger partial charge in [0, 0.05) is 35.4 Å². The van der Waals surface area contributed by atoms with Gasteiger partial charge in [-0.1, -0.05) is 60.7 Å². The second kappa shape index (κ2) is 11.9. The number of rotatable bonds is 10. The number of nitrogens with zero attached hydrogens (tertiary/aromatic N) is 2. The zero-order valence-corrected chi connectivity index (χ0v) is 19.4. The van der Waals surface area contributed by atoms with Gasteiger partial charge in [-0.15, -0.1) is 0 Å². The first kappa shape index (κ1) is 24.8. The second-order valence-corrected chi connectivity index (χ2v) is 8.48. The van der Waals surface area contributed by atoms with E-state index in [4.69, 9.17) is 0 Å². The molecular formula is C26H29B2N3O4+2. The Hall–Kier alpha value is -3.33. The summed E-state index contributed by atoms with van der Waals surface area (Å²) < 4.78 is 4.28. The maximum atomic E-state index is 9.46. The van der Waals surface area contributed by atoms with Gasteiger partial charge >= 0.3 is 14.2 Å². The van der Waals surface area contributed by atoms with Crippen LogP contribution in [0.25, 0.3) is 0 Å². The van der Waals surface area contributed by atoms with E-state index in [1.807, 2.05) is 60.9 Å². The number of benzene rings is 2. The topological polar surface area (TPSA) is 101 Å². The highest BCUT2D eigenvalue weighted by Crippen LogP contribution is 2.02. The number of hydrogen-bond donors (Lipinski definition) is 5. The molecule has 2 aromatic heterocycles. The molecule has 4 rings (SSSR count). The highest BCUT2D eigenvalue weighted by atomic mass is 16.4. The summed E-state index contributed by atoms with van der Waals surface area (Å²) in [6, 6.07) is 26.7. The number of aromatic nitrogens is 2. The molecule has 0 fully saturated rings. The van der Waals surface area contributed by atoms with Crippen molar-refractivity contribution in [1.29, 1.82) is 0 Å². The number of nitrogens with one attached hydrogen (secondary N) is 1. The van der Waals surface area contributed by atoms with Gasteiger partial charge in [0.05, 0.1) is 13.1 Å². The number of hydrogen-bond acceptors (Lipinski definition) is 5. The van der Waals surface area contributed by atoms with Crippen LogP contribution in [0.15, 0.2) is 97.3 Å². The van der Waals surface area contributed by atoms with E-state index in [2.05, 4.69) is 26.6 Å². The fourth-order valence-electron chi connectivity index (χ4n) is 4.07. The first-order valence-electron chi connectivity index (χ1n) is 11.5. The smallest absolute Gasteiger partial charge is 0.423 e. The largest absolute Gasteiger partial charge is 0.488 e. The van der Waals surface area contributed by atoms with E-state index >= 15 is 0 Å². The Morgan fingerprint density at radius 2 is 1.03 bits per heavy atom. The first-order chi connectivity index (χ1) is 17.0. The minimum absolute atomic E-state index is 0.478. The van der Waals surface area contributed by atoms with Crippen molar-refractivity contribution in [2.24, 2.45) is 0 Å². The molecule has 0 aliphatic carbocycles. The number of pyridine rings is 2. The Morgan fingerprint density at radius 3 is 1.46 bits per heavy atom. The van der Waals surface area contributed by atoms with Crippen LogP contribution in [0, 0.1) is 0 Å². The standard InChI is InChI=1S/C26H29B2N3O4/c32-27(33)23-9-5-7-21(15-23)19-30-13-3-1-11-25(30)17-29-18-26-12-2-4-14-31(26)20-22-8-6-10-24(16-22)28(34)35/h1-16,29,32-35H,17-20H2/q+2. The zero-order valence-electron chi connectivity index (χ0n) is 19.4. The molecule has 0 unspecified atom stereocenters. The van der Waals surface area contributed by atoms with Crippen molar-refractivity contribution in [1.82, 2.24) is 5.32 Å². The lowest BCUT2D eigenvalue weighted by molar-refractivity contribution is -0.697. The van der Waals surface area contributed by atoms with Crippen LogP contribution in [0.4, 0.5) is 0 Å². The van der Waals surface area contributed by atoms with Gasteiger partial charge < -0.3 is 20.1 Å². The summed E-state index contributed by atoms with van der Waals surface area (Å²) in [5.74, 6) is 0. The Bertz CT molecular complexity index is 1170. The molecule has 2 heterocycles. The lowest BCUT2D eigenvalue weighted by atomic mass is 9.79. The molecule has 0 aliphatic heterocycles. The van der Waals surface area contributed by atoms with Crippen LogP contribution < -0.4 is 25.4 Å². The van der Waals surface area contributed by atoms with Crippen molar-refractivity contribution in [2.75, 3.05) is 0 Å². The summed E-state index contributed by atoms with van der Waals surface area (Å²) in [7, 11) is -2.96. The monoisotopic (exact) mass is 469 g/mol. The van der Waals surface area contributed by atoms with Gasteiger partial charge in [-0.2, -0.15) is 9.13 Å². The molecule has 0 atom stereocenters. The van der Waals surface area contributed by atoms with E-state index in [9.17, 15) is 20.1 Å². The molecule has 0 saturated heterocycles. The summed E-state index contributed by atoms with van der Waals surface area (Å²) in [4.78, 5) is 0. The van der Waals surface area contributed by atoms with Crippen LogP contribution in [0.1, 0.15) is 22.5 Å². The van der Waals surface area contributed by atoms with Crippen molar-refractivity contribution >= 4 is 25.2 Å². The van der Waals surface area contributed by atoms with Crippen LogP contribution in [-0.4, -0.2) is 34.3 Å². The molecule has 0 spiro atoms. The van der Waals surface area contributed by atoms with Crippen molar-refractivity contribution < 1.29 is 29.2 Å². The summed E-state index contributed by atoms with van der Waals surface area (Å²) >= 11 is 0. The predicted octanol–water partition coefficient (Wildman–Crippen LogP) is -0.992. The predicted molar refractivity (Wildman–Crippen MR) is 135 cm³/mol. The molecule has 176 valence electrons. The normalized spacial score (nSPS) is 10.9. The molecule has 9 heteroatoms. The zero-order chi connectivity index (χ0) is 24.6. The van der Waals surface area contributed by atoms with Gasteiger partial charge in [-0.25, -0.2) is 0 Å². The third-order valence-corrected chi connectivity index (χ3v) is 5.89. The van der Waals surface area contributed by atoms with Gasteiger partial charge in [0.25, 0.3) is 0 Å². The van der Waals surface area contributed by atoms with Crippen LogP contribution in [0.5, 0.6) is 0 Å². The molecule has 2 aromatic carbocycles. The van der Waals surface area contributed by atoms with E-state index < -0.39 is 14.2 Å². The highest BCUT2D eigenvalue weighted by Gasteiger charge is 2.17. The summed E-state index contributed by atoms with van der Waals surface area (Å²) in [5.41, 5.74) is 5.15. The molecule has 4 aromatic rings. The SMILES string of the molecule is OB(O)c1cccc(C[n+]2ccccc2CNCc2cccc[n+]2Cc2cccc(B(O)O)c2)c1. The van der Waals surface area contributed by atoms with Gasteiger partial charge in [-0.05, 0) is 10.9 Å². The van der Waals surface area contributed by atoms with Crippen LogP contribution in [0.3, 0.4) is 0 Å². The molecule has 0 bridgehead atoms. The maximum Gasteiger partial charge on any atom is 0.488 e. The Kier molecular flexibility index (Phi) is 8.41.